The number of hydrogen-bond acceptors (Lipinski definition) is 6. The van der Waals surface area contributed by atoms with Gasteiger partial charge in [-0.15, -0.1) is 5.10 Å². The summed E-state index contributed by atoms with van der Waals surface area (Å²) in [4.78, 5) is 26.2. The van der Waals surface area contributed by atoms with E-state index >= 15 is 0 Å². The Balaban J connectivity index is 1.65. The number of imide groups is 1. The predicted octanol–water partition coefficient (Wildman–Crippen LogP) is 3.52. The minimum absolute atomic E-state index is 0.0158. The van der Waals surface area contributed by atoms with E-state index in [1.165, 1.54) is 28.9 Å². The molecular weight excluding hydrogens is 385 g/mol. The number of carbonyl (C=O) groups is 2. The Bertz CT molecular complexity index is 1110. The zero-order chi connectivity index (χ0) is 19.8. The molecule has 2 aromatic carbocycles. The highest BCUT2D eigenvalue weighted by atomic mass is 32.1. The van der Waals surface area contributed by atoms with Crippen molar-refractivity contribution in [3.8, 4) is 17.2 Å². The van der Waals surface area contributed by atoms with Gasteiger partial charge in [-0.05, 0) is 60.7 Å². The van der Waals surface area contributed by atoms with E-state index in [4.69, 9.17) is 21.4 Å². The summed E-state index contributed by atoms with van der Waals surface area (Å²) in [5.41, 5.74) is 0.946. The summed E-state index contributed by atoms with van der Waals surface area (Å²) >= 11 is 5.20. The van der Waals surface area contributed by atoms with Gasteiger partial charge in [-0.1, -0.05) is 0 Å². The molecule has 1 fully saturated rings. The molecule has 1 saturated heterocycles. The third kappa shape index (κ3) is 3.09. The highest BCUT2D eigenvalue weighted by molar-refractivity contribution is 7.71. The normalized spacial score (nSPS) is 16.6. The van der Waals surface area contributed by atoms with Crippen LogP contribution in [0.15, 0.2) is 52.9 Å². The lowest BCUT2D eigenvalue weighted by Crippen LogP contribution is -2.31. The Morgan fingerprint density at radius 1 is 1.14 bits per heavy atom. The number of halogens is 1. The molecule has 0 N–H and O–H groups in total. The quantitative estimate of drug-likeness (QED) is 0.493. The molecule has 2 amide bonds. The molecule has 28 heavy (non-hydrogen) atoms. The highest BCUT2D eigenvalue weighted by Crippen LogP contribution is 2.31. The number of amides is 2. The van der Waals surface area contributed by atoms with Gasteiger partial charge in [-0.2, -0.15) is 0 Å². The van der Waals surface area contributed by atoms with E-state index < -0.39 is 23.7 Å². The van der Waals surface area contributed by atoms with E-state index in [1.54, 1.807) is 31.4 Å². The molecule has 7 nitrogen and oxygen atoms in total. The molecule has 1 aliphatic rings. The predicted molar refractivity (Wildman–Crippen MR) is 99.9 cm³/mol. The summed E-state index contributed by atoms with van der Waals surface area (Å²) in [7, 11) is 1.56. The number of benzene rings is 2. The van der Waals surface area contributed by atoms with Crippen molar-refractivity contribution in [2.45, 2.75) is 12.5 Å². The van der Waals surface area contributed by atoms with Gasteiger partial charge in [0.05, 0.1) is 19.2 Å². The monoisotopic (exact) mass is 399 g/mol. The zero-order valence-corrected chi connectivity index (χ0v) is 15.5. The van der Waals surface area contributed by atoms with Gasteiger partial charge in [-0.25, -0.2) is 14.0 Å². The largest absolute Gasteiger partial charge is 0.497 e. The number of rotatable bonds is 4. The van der Waals surface area contributed by atoms with Gasteiger partial charge >= 0.3 is 0 Å². The highest BCUT2D eigenvalue weighted by Gasteiger charge is 2.42. The van der Waals surface area contributed by atoms with Crippen molar-refractivity contribution in [2.75, 3.05) is 12.0 Å². The minimum Gasteiger partial charge on any atom is -0.497 e. The number of nitrogens with zero attached hydrogens (tertiary/aromatic N) is 3. The number of ether oxygens (including phenoxy) is 1. The Morgan fingerprint density at radius 3 is 2.46 bits per heavy atom. The number of methoxy groups -OCH3 is 1. The molecule has 1 atom stereocenters. The minimum atomic E-state index is -0.916. The van der Waals surface area contributed by atoms with E-state index in [9.17, 15) is 14.0 Å². The first-order valence-corrected chi connectivity index (χ1v) is 8.75. The fraction of sp³-hybridized carbons (Fsp3) is 0.158. The molecule has 4 rings (SSSR count). The SMILES string of the molecule is COc1ccc(-c2nn([C@H]3CC(=O)N(c4ccc(F)cc4)C3=O)c(=S)o2)cc1. The first-order valence-electron chi connectivity index (χ1n) is 8.34. The molecule has 142 valence electrons. The molecule has 0 spiro atoms. The molecule has 0 bridgehead atoms. The molecule has 0 saturated carbocycles. The van der Waals surface area contributed by atoms with Crippen molar-refractivity contribution in [1.29, 1.82) is 0 Å². The van der Waals surface area contributed by atoms with Crippen LogP contribution in [0.5, 0.6) is 5.75 Å². The van der Waals surface area contributed by atoms with Crippen LogP contribution in [0.2, 0.25) is 0 Å². The summed E-state index contributed by atoms with van der Waals surface area (Å²) in [6, 6.07) is 11.2. The standard InChI is InChI=1S/C19H14FN3O4S/c1-26-14-8-2-11(3-9-14)17-21-23(19(28)27-17)15-10-16(24)22(18(15)25)13-6-4-12(20)5-7-13/h2-9,15H,10H2,1H3/t15-/m0/s1. The van der Waals surface area contributed by atoms with Gasteiger partial charge < -0.3 is 9.15 Å². The van der Waals surface area contributed by atoms with Crippen LogP contribution >= 0.6 is 12.2 Å². The molecule has 0 radical (unpaired) electrons. The average molecular weight is 399 g/mol. The number of anilines is 1. The molecule has 2 heterocycles. The molecule has 1 aliphatic heterocycles. The lowest BCUT2D eigenvalue weighted by Gasteiger charge is -2.14. The van der Waals surface area contributed by atoms with Gasteiger partial charge in [-0.3, -0.25) is 9.59 Å². The lowest BCUT2D eigenvalue weighted by molar-refractivity contribution is -0.122. The van der Waals surface area contributed by atoms with Crippen LogP contribution in [-0.2, 0) is 9.59 Å². The molecular formula is C19H14FN3O4S. The maximum Gasteiger partial charge on any atom is 0.288 e. The smallest absolute Gasteiger partial charge is 0.288 e. The maximum atomic E-state index is 13.1. The van der Waals surface area contributed by atoms with Gasteiger partial charge in [0.25, 0.3) is 10.7 Å². The van der Waals surface area contributed by atoms with Crippen LogP contribution < -0.4 is 9.64 Å². The molecule has 0 unspecified atom stereocenters. The van der Waals surface area contributed by atoms with Gasteiger partial charge in [0.2, 0.25) is 11.8 Å². The third-order valence-electron chi connectivity index (χ3n) is 4.41. The number of hydrogen-bond donors (Lipinski definition) is 0. The topological polar surface area (TPSA) is 77.6 Å². The fourth-order valence-corrected chi connectivity index (χ4v) is 3.25. The van der Waals surface area contributed by atoms with E-state index in [-0.39, 0.29) is 17.1 Å². The second-order valence-corrected chi connectivity index (χ2v) is 6.46. The van der Waals surface area contributed by atoms with Gasteiger partial charge in [0.15, 0.2) is 0 Å². The van der Waals surface area contributed by atoms with Crippen molar-refractivity contribution in [3.05, 3.63) is 59.2 Å². The fourth-order valence-electron chi connectivity index (χ4n) is 3.00. The summed E-state index contributed by atoms with van der Waals surface area (Å²) in [5.74, 6) is -0.469. The van der Waals surface area contributed by atoms with Crippen LogP contribution in [-0.4, -0.2) is 28.7 Å². The molecule has 3 aromatic rings. The van der Waals surface area contributed by atoms with Crippen molar-refractivity contribution in [3.63, 3.8) is 0 Å². The number of aromatic nitrogens is 2. The van der Waals surface area contributed by atoms with Crippen LogP contribution in [0.1, 0.15) is 12.5 Å². The summed E-state index contributed by atoms with van der Waals surface area (Å²) in [6.45, 7) is 0. The third-order valence-corrected chi connectivity index (χ3v) is 4.68. The average Bonchev–Trinajstić information content (AvgIpc) is 3.22. The van der Waals surface area contributed by atoms with E-state index in [0.717, 1.165) is 4.90 Å². The van der Waals surface area contributed by atoms with E-state index in [2.05, 4.69) is 5.10 Å². The first kappa shape index (κ1) is 18.1. The number of carbonyl (C=O) groups excluding carboxylic acids is 2. The molecule has 9 heteroatoms. The van der Waals surface area contributed by atoms with Crippen LogP contribution in [0.3, 0.4) is 0 Å². The van der Waals surface area contributed by atoms with Crippen LogP contribution in [0.4, 0.5) is 10.1 Å². The Labute approximate surface area is 163 Å². The maximum absolute atomic E-state index is 13.1. The lowest BCUT2D eigenvalue weighted by atomic mass is 10.2. The van der Waals surface area contributed by atoms with E-state index in [1.807, 2.05) is 0 Å². The van der Waals surface area contributed by atoms with Crippen LogP contribution in [0, 0.1) is 10.7 Å². The molecule has 1 aromatic heterocycles. The summed E-state index contributed by atoms with van der Waals surface area (Å²) in [5, 5.41) is 4.29. The second kappa shape index (κ2) is 7.01. The van der Waals surface area contributed by atoms with Crippen molar-refractivity contribution < 1.29 is 23.1 Å². The van der Waals surface area contributed by atoms with Gasteiger partial charge in [0.1, 0.15) is 17.6 Å². The van der Waals surface area contributed by atoms with Gasteiger partial charge in [0, 0.05) is 5.56 Å². The van der Waals surface area contributed by atoms with Crippen molar-refractivity contribution >= 4 is 29.7 Å². The molecule has 0 aliphatic carbocycles. The van der Waals surface area contributed by atoms with Crippen molar-refractivity contribution in [1.82, 2.24) is 9.78 Å². The Kier molecular flexibility index (Phi) is 4.52. The van der Waals surface area contributed by atoms with Crippen molar-refractivity contribution in [2.24, 2.45) is 0 Å². The Morgan fingerprint density at radius 2 is 1.82 bits per heavy atom. The van der Waals surface area contributed by atoms with E-state index in [0.29, 0.717) is 17.0 Å². The first-order chi connectivity index (χ1) is 13.5. The second-order valence-electron chi connectivity index (χ2n) is 6.11. The summed E-state index contributed by atoms with van der Waals surface area (Å²) < 4.78 is 25.0. The summed E-state index contributed by atoms with van der Waals surface area (Å²) in [6.07, 6.45) is -0.112. The van der Waals surface area contributed by atoms with Crippen LogP contribution in [0.25, 0.3) is 11.5 Å². The Hall–Kier alpha value is -3.33. The zero-order valence-electron chi connectivity index (χ0n) is 14.7.